The zero-order valence-electron chi connectivity index (χ0n) is 61.7. The van der Waals surface area contributed by atoms with Crippen LogP contribution in [0.25, 0.3) is 145 Å². The predicted octanol–water partition coefficient (Wildman–Crippen LogP) is 19.7. The largest absolute Gasteiger partial charge is 0.316 e. The first-order valence-electron chi connectivity index (χ1n) is 34.7. The van der Waals surface area contributed by atoms with Gasteiger partial charge in [0.05, 0.1) is 87.9 Å². The lowest BCUT2D eigenvalue weighted by Gasteiger charge is -2.26. The molecule has 0 atom stereocenters. The molecule has 0 saturated carbocycles. The van der Waals surface area contributed by atoms with Crippen LogP contribution in [0.2, 0.25) is 0 Å². The summed E-state index contributed by atoms with van der Waals surface area (Å²) >= 11 is 2.68. The van der Waals surface area contributed by atoms with Gasteiger partial charge in [0, 0.05) is 63.6 Å². The van der Waals surface area contributed by atoms with Crippen molar-refractivity contribution in [3.8, 4) is 62.0 Å². The van der Waals surface area contributed by atoms with E-state index in [0.29, 0.717) is 42.0 Å². The number of nitriles is 1. The van der Waals surface area contributed by atoms with Crippen LogP contribution in [-0.4, -0.2) is 9.13 Å². The Morgan fingerprint density at radius 3 is 1.45 bits per heavy atom. The summed E-state index contributed by atoms with van der Waals surface area (Å²) < 4.78 is 230. The van der Waals surface area contributed by atoms with E-state index in [-0.39, 0.29) is 5.39 Å². The monoisotopic (exact) mass is 998 g/mol. The molecule has 4 nitrogen and oxygen atoms in total. The third-order valence-electron chi connectivity index (χ3n) is 13.4. The first-order chi connectivity index (χ1) is 46.6. The predicted molar refractivity (Wildman–Crippen MR) is 314 cm³/mol. The highest BCUT2D eigenvalue weighted by molar-refractivity contribution is 7.27. The van der Waals surface area contributed by atoms with Gasteiger partial charge >= 0.3 is 0 Å². The summed E-state index contributed by atoms with van der Waals surface area (Å²) in [5.74, 6) is 0. The molecule has 4 aromatic heterocycles. The van der Waals surface area contributed by atoms with Crippen LogP contribution < -0.4 is 0 Å². The van der Waals surface area contributed by atoms with Crippen molar-refractivity contribution < 1.29 is 32.9 Å². The molecule has 342 valence electrons. The lowest BCUT2D eigenvalue weighted by atomic mass is 9.88. The van der Waals surface area contributed by atoms with Crippen LogP contribution in [0, 0.1) is 17.9 Å². The van der Waals surface area contributed by atoms with Crippen molar-refractivity contribution in [3.05, 3.63) is 247 Å². The van der Waals surface area contributed by atoms with Gasteiger partial charge in [0.25, 0.3) is 0 Å². The molecule has 0 aliphatic rings. The quantitative estimate of drug-likeness (QED) is 0.153. The van der Waals surface area contributed by atoms with Gasteiger partial charge in [-0.25, -0.2) is 4.85 Å². The second-order valence-corrected chi connectivity index (χ2v) is 19.2. The Balaban J connectivity index is 1.33. The molecule has 0 aliphatic carbocycles. The van der Waals surface area contributed by atoms with E-state index in [2.05, 4.69) is 10.9 Å². The molecule has 15 aromatic rings. The molecule has 4 heterocycles. The van der Waals surface area contributed by atoms with E-state index in [4.69, 9.17) is 11.0 Å². The van der Waals surface area contributed by atoms with Gasteiger partial charge in [-0.1, -0.05) is 200 Å². The molecule has 0 unspecified atom stereocenters. The number of hydrogen-bond donors (Lipinski definition) is 0. The number of aromatic nitrogens is 2. The number of fused-ring (bicyclic) bond motifs is 14. The summed E-state index contributed by atoms with van der Waals surface area (Å²) in [5, 5.41) is 15.7. The van der Waals surface area contributed by atoms with Gasteiger partial charge in [-0.3, -0.25) is 0 Å². The highest BCUT2D eigenvalue weighted by Gasteiger charge is 2.33. The van der Waals surface area contributed by atoms with Crippen molar-refractivity contribution in [1.29, 1.82) is 5.26 Å². The zero-order valence-corrected chi connectivity index (χ0v) is 39.3. The summed E-state index contributed by atoms with van der Waals surface area (Å²) in [7, 11) is 0. The van der Waals surface area contributed by atoms with Crippen molar-refractivity contribution >= 4 is 112 Å². The lowest BCUT2D eigenvalue weighted by molar-refractivity contribution is 1.14. The van der Waals surface area contributed by atoms with Crippen molar-refractivity contribution in [2.24, 2.45) is 0 Å². The Hall–Kier alpha value is -9.56. The molecule has 0 saturated heterocycles. The van der Waals surface area contributed by atoms with E-state index >= 15 is 0 Å². The standard InChI is InChI=1S/C68H38N4S2/c1-70-62-60(43-24-10-4-11-25-43)55(40-69)63(71-56-31-17-14-28-45(56)54-38-52(41-20-6-2-7-21-41)53(39-57(54)71)42-22-8-3-9-23-42)61(44-26-12-5-13-27-44)66(62)72-64-48(34-36-50-46-29-15-18-32-58(46)73-67(50)64)49-35-37-51-47-30-16-19-33-59(47)74-68(51)65(49)72/h2-39H/i2D,3D,4D,5D,6D,7D,8D,9D,10D,11D,12D,13D,14D,17D,20D,21D,22D,23D,24D,25D,26D,27D,28D,31D. The highest BCUT2D eigenvalue weighted by atomic mass is 32.1. The molecule has 0 spiro atoms. The van der Waals surface area contributed by atoms with E-state index in [1.165, 1.54) is 22.7 Å². The van der Waals surface area contributed by atoms with Crippen LogP contribution >= 0.6 is 22.7 Å². The van der Waals surface area contributed by atoms with Gasteiger partial charge in [0.15, 0.2) is 0 Å². The van der Waals surface area contributed by atoms with E-state index in [1.807, 2.05) is 72.8 Å². The van der Waals surface area contributed by atoms with Crippen LogP contribution in [0.3, 0.4) is 0 Å². The second-order valence-electron chi connectivity index (χ2n) is 17.1. The molecular formula is C68H38N4S2. The molecule has 0 N–H and O–H groups in total. The van der Waals surface area contributed by atoms with Crippen LogP contribution in [0.1, 0.15) is 38.5 Å². The Morgan fingerprint density at radius 2 is 0.905 bits per heavy atom. The molecule has 15 rings (SSSR count). The summed E-state index contributed by atoms with van der Waals surface area (Å²) in [6, 6.07) is 5.14. The Morgan fingerprint density at radius 1 is 0.432 bits per heavy atom. The first-order valence-corrected chi connectivity index (χ1v) is 24.3. The fourth-order valence-corrected chi connectivity index (χ4v) is 13.0. The molecule has 0 bridgehead atoms. The number of rotatable bonds is 6. The first kappa shape index (κ1) is 24.7. The number of para-hydroxylation sites is 1. The molecule has 0 aliphatic heterocycles. The Kier molecular flexibility index (Phi) is 5.51. The number of hydrogen-bond acceptors (Lipinski definition) is 3. The average molecular weight is 999 g/mol. The maximum Gasteiger partial charge on any atom is 0.220 e. The fraction of sp³-hybridized carbons (Fsp3) is 0. The number of benzene rings is 11. The summed E-state index contributed by atoms with van der Waals surface area (Å²) in [5.41, 5.74) is -8.13. The Labute approximate surface area is 467 Å². The van der Waals surface area contributed by atoms with Gasteiger partial charge in [-0.05, 0) is 63.7 Å². The van der Waals surface area contributed by atoms with Crippen LogP contribution in [-0.2, 0) is 0 Å². The van der Waals surface area contributed by atoms with Crippen LogP contribution in [0.15, 0.2) is 230 Å². The molecule has 11 aromatic carbocycles. The minimum atomic E-state index is -0.959. The maximum atomic E-state index is 12.5. The third kappa shape index (κ3) is 6.05. The lowest BCUT2D eigenvalue weighted by Crippen LogP contribution is -2.09. The SMILES string of the molecule is [2H]c1c([2H])c([2H])c(-c2cc3c4c([2H])c([2H])c([2H])c([2H])c4n(-c4c(C#N)c(-c5c([2H])c([2H])c([2H])c([2H])c5[2H])c([N+]#[C-])c(-n5c6c(ccc7c8ccccc8sc76)c6ccc7c8ccccc8sc7c65)c4-c4c([2H])c([2H])c([2H])c([2H])c4[2H])c3cc2-c2c([2H])c([2H])c([2H])c([2H])c2[2H])c([2H])c1[2H]. The molecule has 0 amide bonds. The van der Waals surface area contributed by atoms with E-state index in [1.54, 1.807) is 4.57 Å². The van der Waals surface area contributed by atoms with Crippen molar-refractivity contribution in [3.63, 3.8) is 0 Å². The summed E-state index contributed by atoms with van der Waals surface area (Å²) in [4.78, 5) is 4.22. The van der Waals surface area contributed by atoms with Gasteiger partial charge < -0.3 is 9.13 Å². The van der Waals surface area contributed by atoms with Gasteiger partial charge in [0.1, 0.15) is 6.07 Å². The van der Waals surface area contributed by atoms with Crippen molar-refractivity contribution in [2.45, 2.75) is 0 Å². The van der Waals surface area contributed by atoms with Crippen molar-refractivity contribution in [2.75, 3.05) is 0 Å². The maximum absolute atomic E-state index is 12.5. The Bertz CT molecular complexity index is 6170. The highest BCUT2D eigenvalue weighted by Crippen LogP contribution is 2.55. The van der Waals surface area contributed by atoms with Crippen LogP contribution in [0.4, 0.5) is 5.69 Å². The molecule has 0 radical (unpaired) electrons. The zero-order chi connectivity index (χ0) is 69.9. The average Bonchev–Trinajstić information content (AvgIpc) is 1.56. The van der Waals surface area contributed by atoms with E-state index < -0.39 is 229 Å². The molecule has 74 heavy (non-hydrogen) atoms. The van der Waals surface area contributed by atoms with E-state index in [9.17, 15) is 33.8 Å². The van der Waals surface area contributed by atoms with Gasteiger partial charge in [-0.15, -0.1) is 22.7 Å². The van der Waals surface area contributed by atoms with Gasteiger partial charge in [-0.2, -0.15) is 5.26 Å². The van der Waals surface area contributed by atoms with E-state index in [0.717, 1.165) is 36.9 Å². The minimum absolute atomic E-state index is 0.320. The molecular weight excluding hydrogens is 937 g/mol. The second kappa shape index (κ2) is 16.5. The number of nitrogens with zero attached hydrogens (tertiary/aromatic N) is 4. The minimum Gasteiger partial charge on any atom is -0.316 e. The normalized spacial score (nSPS) is 16.3. The van der Waals surface area contributed by atoms with Crippen molar-refractivity contribution in [1.82, 2.24) is 9.13 Å². The third-order valence-corrected chi connectivity index (χ3v) is 15.8. The molecule has 0 fully saturated rings. The summed E-state index contributed by atoms with van der Waals surface area (Å²) in [6.07, 6.45) is 0. The molecule has 6 heteroatoms. The topological polar surface area (TPSA) is 38.0 Å². The fourth-order valence-electron chi connectivity index (χ4n) is 10.5. The smallest absolute Gasteiger partial charge is 0.220 e. The van der Waals surface area contributed by atoms with Crippen LogP contribution in [0.5, 0.6) is 0 Å². The van der Waals surface area contributed by atoms with Gasteiger partial charge in [0.2, 0.25) is 5.69 Å². The number of thiophene rings is 2. The summed E-state index contributed by atoms with van der Waals surface area (Å²) in [6.45, 7) is 9.66.